The molecule has 6 heteroatoms. The van der Waals surface area contributed by atoms with Gasteiger partial charge in [0.2, 0.25) is 0 Å². The molecule has 0 bridgehead atoms. The summed E-state index contributed by atoms with van der Waals surface area (Å²) in [4.78, 5) is 16.7. The van der Waals surface area contributed by atoms with Crippen LogP contribution in [0.5, 0.6) is 0 Å². The van der Waals surface area contributed by atoms with Crippen molar-refractivity contribution in [1.29, 1.82) is 0 Å². The highest BCUT2D eigenvalue weighted by molar-refractivity contribution is 5.89. The van der Waals surface area contributed by atoms with E-state index in [9.17, 15) is 9.18 Å². The molecule has 2 aromatic carbocycles. The molecule has 0 unspecified atom stereocenters. The van der Waals surface area contributed by atoms with Crippen molar-refractivity contribution in [3.05, 3.63) is 83.7 Å². The number of carbonyl (C=O) groups excluding carboxylic acids is 1. The van der Waals surface area contributed by atoms with E-state index in [1.807, 2.05) is 42.8 Å². The van der Waals surface area contributed by atoms with E-state index >= 15 is 0 Å². The number of hydrogen-bond acceptors (Lipinski definition) is 2. The largest absolute Gasteiger partial charge is 0.336 e. The summed E-state index contributed by atoms with van der Waals surface area (Å²) in [6.45, 7) is 1.98. The van der Waals surface area contributed by atoms with Crippen molar-refractivity contribution < 1.29 is 9.18 Å². The lowest BCUT2D eigenvalue weighted by atomic mass is 10.1. The highest BCUT2D eigenvalue weighted by Gasteiger charge is 2.20. The topological polar surface area (TPSA) is 59.0 Å². The van der Waals surface area contributed by atoms with Crippen LogP contribution in [0.2, 0.25) is 0 Å². The Labute approximate surface area is 145 Å². The number of nitrogens with one attached hydrogen (secondary N) is 2. The van der Waals surface area contributed by atoms with Crippen molar-refractivity contribution in [2.45, 2.75) is 13.0 Å². The van der Waals surface area contributed by atoms with Gasteiger partial charge in [-0.2, -0.15) is 0 Å². The number of imidazole rings is 1. The van der Waals surface area contributed by atoms with Gasteiger partial charge in [-0.05, 0) is 36.8 Å². The average Bonchev–Trinajstić information content (AvgIpc) is 3.01. The molecular weight excluding hydrogens is 319 g/mol. The van der Waals surface area contributed by atoms with Gasteiger partial charge in [-0.15, -0.1) is 0 Å². The summed E-state index contributed by atoms with van der Waals surface area (Å²) in [5.41, 5.74) is 2.55. The van der Waals surface area contributed by atoms with Crippen molar-refractivity contribution in [1.82, 2.24) is 14.9 Å². The molecule has 0 radical (unpaired) electrons. The van der Waals surface area contributed by atoms with E-state index < -0.39 is 6.04 Å². The number of aromatic nitrogens is 2. The Kier molecular flexibility index (Phi) is 4.79. The van der Waals surface area contributed by atoms with Crippen LogP contribution in [0.4, 0.5) is 14.9 Å². The Morgan fingerprint density at radius 3 is 2.40 bits per heavy atom. The third kappa shape index (κ3) is 4.03. The fraction of sp³-hybridized carbons (Fsp3) is 0.158. The summed E-state index contributed by atoms with van der Waals surface area (Å²) in [7, 11) is 1.85. The van der Waals surface area contributed by atoms with E-state index in [-0.39, 0.29) is 11.8 Å². The van der Waals surface area contributed by atoms with Crippen LogP contribution in [0, 0.1) is 12.7 Å². The number of anilines is 1. The first kappa shape index (κ1) is 16.7. The molecule has 0 aliphatic rings. The van der Waals surface area contributed by atoms with Crippen molar-refractivity contribution in [2.75, 3.05) is 5.32 Å². The third-order valence-electron chi connectivity index (χ3n) is 3.90. The van der Waals surface area contributed by atoms with Gasteiger partial charge in [-0.1, -0.05) is 29.8 Å². The minimum absolute atomic E-state index is 0.327. The van der Waals surface area contributed by atoms with E-state index in [1.165, 1.54) is 12.1 Å². The van der Waals surface area contributed by atoms with Crippen LogP contribution in [0.1, 0.15) is 23.0 Å². The number of urea groups is 1. The zero-order valence-electron chi connectivity index (χ0n) is 14.0. The van der Waals surface area contributed by atoms with Crippen LogP contribution < -0.4 is 10.6 Å². The summed E-state index contributed by atoms with van der Waals surface area (Å²) >= 11 is 0. The van der Waals surface area contributed by atoms with Crippen molar-refractivity contribution in [3.63, 3.8) is 0 Å². The number of nitrogens with zero attached hydrogens (tertiary/aromatic N) is 2. The lowest BCUT2D eigenvalue weighted by Crippen LogP contribution is -2.34. The molecule has 1 heterocycles. The first-order chi connectivity index (χ1) is 12.0. The summed E-state index contributed by atoms with van der Waals surface area (Å²) < 4.78 is 15.1. The molecule has 0 spiro atoms. The molecule has 1 aromatic heterocycles. The van der Waals surface area contributed by atoms with Gasteiger partial charge in [0.05, 0.1) is 0 Å². The standard InChI is InChI=1S/C19H19FN4O/c1-13-3-9-16(10-4-13)22-19(25)23-17(18-21-11-12-24(18)2)14-5-7-15(20)8-6-14/h3-12,17H,1-2H3,(H2,22,23,25)/t17-/m0/s1. The number of aryl methyl sites for hydroxylation is 2. The second-order valence-electron chi connectivity index (χ2n) is 5.85. The second kappa shape index (κ2) is 7.17. The van der Waals surface area contributed by atoms with E-state index in [0.29, 0.717) is 11.5 Å². The Morgan fingerprint density at radius 2 is 1.80 bits per heavy atom. The molecule has 0 saturated heterocycles. The van der Waals surface area contributed by atoms with Gasteiger partial charge in [-0.25, -0.2) is 14.2 Å². The zero-order valence-corrected chi connectivity index (χ0v) is 14.0. The average molecular weight is 338 g/mol. The van der Waals surface area contributed by atoms with Crippen LogP contribution in [0.3, 0.4) is 0 Å². The van der Waals surface area contributed by atoms with Crippen LogP contribution in [0.25, 0.3) is 0 Å². The van der Waals surface area contributed by atoms with Crippen LogP contribution in [-0.4, -0.2) is 15.6 Å². The first-order valence-corrected chi connectivity index (χ1v) is 7.90. The predicted molar refractivity (Wildman–Crippen MR) is 94.8 cm³/mol. The Balaban J connectivity index is 1.82. The number of rotatable bonds is 4. The summed E-state index contributed by atoms with van der Waals surface area (Å²) in [6, 6.07) is 12.7. The van der Waals surface area contributed by atoms with E-state index in [1.54, 1.807) is 24.5 Å². The lowest BCUT2D eigenvalue weighted by molar-refractivity contribution is 0.249. The zero-order chi connectivity index (χ0) is 17.8. The van der Waals surface area contributed by atoms with Crippen molar-refractivity contribution in [3.8, 4) is 0 Å². The first-order valence-electron chi connectivity index (χ1n) is 7.90. The van der Waals surface area contributed by atoms with Gasteiger partial charge in [0, 0.05) is 25.1 Å². The Morgan fingerprint density at radius 1 is 1.12 bits per heavy atom. The molecule has 5 nitrogen and oxygen atoms in total. The Bertz CT molecular complexity index is 856. The van der Waals surface area contributed by atoms with Crippen LogP contribution in [0.15, 0.2) is 60.9 Å². The lowest BCUT2D eigenvalue weighted by Gasteiger charge is -2.19. The molecule has 0 saturated carbocycles. The van der Waals surface area contributed by atoms with Gasteiger partial charge >= 0.3 is 6.03 Å². The van der Waals surface area contributed by atoms with Gasteiger partial charge in [-0.3, -0.25) is 0 Å². The van der Waals surface area contributed by atoms with Gasteiger partial charge in [0.1, 0.15) is 17.7 Å². The van der Waals surface area contributed by atoms with Gasteiger partial charge < -0.3 is 15.2 Å². The Hall–Kier alpha value is -3.15. The maximum atomic E-state index is 13.2. The quantitative estimate of drug-likeness (QED) is 0.760. The van der Waals surface area contributed by atoms with Gasteiger partial charge in [0.25, 0.3) is 0 Å². The molecule has 128 valence electrons. The molecule has 3 rings (SSSR count). The molecule has 0 aliphatic carbocycles. The van der Waals surface area contributed by atoms with Crippen molar-refractivity contribution in [2.24, 2.45) is 7.05 Å². The van der Waals surface area contributed by atoms with Gasteiger partial charge in [0.15, 0.2) is 0 Å². The number of halogens is 1. The third-order valence-corrected chi connectivity index (χ3v) is 3.90. The molecule has 1 atom stereocenters. The molecule has 25 heavy (non-hydrogen) atoms. The number of amides is 2. The van der Waals surface area contributed by atoms with E-state index in [0.717, 1.165) is 11.1 Å². The molecule has 2 N–H and O–H groups in total. The molecule has 3 aromatic rings. The van der Waals surface area contributed by atoms with Crippen LogP contribution in [-0.2, 0) is 7.05 Å². The predicted octanol–water partition coefficient (Wildman–Crippen LogP) is 3.78. The minimum Gasteiger partial charge on any atom is -0.336 e. The molecule has 0 fully saturated rings. The van der Waals surface area contributed by atoms with Crippen molar-refractivity contribution >= 4 is 11.7 Å². The summed E-state index contributed by atoms with van der Waals surface area (Å²) in [5.74, 6) is 0.331. The fourth-order valence-corrected chi connectivity index (χ4v) is 2.54. The molecule has 2 amide bonds. The number of carbonyl (C=O) groups is 1. The molecular formula is C19H19FN4O. The summed E-state index contributed by atoms with van der Waals surface area (Å²) in [6.07, 6.45) is 3.46. The minimum atomic E-state index is -0.494. The highest BCUT2D eigenvalue weighted by atomic mass is 19.1. The second-order valence-corrected chi connectivity index (χ2v) is 5.85. The normalized spacial score (nSPS) is 11.8. The number of hydrogen-bond donors (Lipinski definition) is 2. The number of benzene rings is 2. The maximum absolute atomic E-state index is 13.2. The SMILES string of the molecule is Cc1ccc(NC(=O)N[C@@H](c2ccc(F)cc2)c2nccn2C)cc1. The highest BCUT2D eigenvalue weighted by Crippen LogP contribution is 2.21. The summed E-state index contributed by atoms with van der Waals surface area (Å²) in [5, 5.41) is 5.70. The van der Waals surface area contributed by atoms with E-state index in [2.05, 4.69) is 15.6 Å². The smallest absolute Gasteiger partial charge is 0.320 e. The maximum Gasteiger partial charge on any atom is 0.320 e. The monoisotopic (exact) mass is 338 g/mol. The fourth-order valence-electron chi connectivity index (χ4n) is 2.54. The molecule has 0 aliphatic heterocycles. The van der Waals surface area contributed by atoms with Crippen LogP contribution >= 0.6 is 0 Å². The van der Waals surface area contributed by atoms with E-state index in [4.69, 9.17) is 0 Å².